The van der Waals surface area contributed by atoms with Crippen molar-refractivity contribution in [2.24, 2.45) is 5.10 Å². The number of carboxylic acids is 1. The first-order chi connectivity index (χ1) is 14.7. The minimum atomic E-state index is -1.04. The molecule has 1 aliphatic heterocycles. The van der Waals surface area contributed by atoms with Gasteiger partial charge in [0.05, 0.1) is 40.3 Å². The Morgan fingerprint density at radius 3 is 2.52 bits per heavy atom. The number of carbonyl (C=O) groups is 2. The third kappa shape index (κ3) is 4.88. The van der Waals surface area contributed by atoms with Crippen LogP contribution in [0.25, 0.3) is 6.08 Å². The zero-order chi connectivity index (χ0) is 22.7. The molecule has 0 atom stereocenters. The predicted octanol–water partition coefficient (Wildman–Crippen LogP) is 5.03. The lowest BCUT2D eigenvalue weighted by Crippen LogP contribution is -2.21. The number of rotatable bonds is 7. The normalized spacial score (nSPS) is 14.9. The Balaban J connectivity index is 1.94. The molecule has 3 rings (SSSR count). The zero-order valence-corrected chi connectivity index (χ0v) is 18.4. The fourth-order valence-corrected chi connectivity index (χ4v) is 3.32. The second kappa shape index (κ2) is 9.22. The Labute approximate surface area is 185 Å². The summed E-state index contributed by atoms with van der Waals surface area (Å²) >= 11 is 6.43. The van der Waals surface area contributed by atoms with Gasteiger partial charge >= 0.3 is 5.97 Å². The van der Waals surface area contributed by atoms with E-state index in [1.54, 1.807) is 37.3 Å². The molecule has 1 N–H and O–H groups in total. The van der Waals surface area contributed by atoms with E-state index in [4.69, 9.17) is 26.2 Å². The highest BCUT2D eigenvalue weighted by Gasteiger charge is 2.29. The number of amides is 1. The summed E-state index contributed by atoms with van der Waals surface area (Å²) in [6.45, 7) is 7.83. The molecule has 0 bridgehead atoms. The molecule has 162 valence electrons. The zero-order valence-electron chi connectivity index (χ0n) is 17.7. The molecule has 1 amide bonds. The molecule has 2 aromatic rings. The summed E-state index contributed by atoms with van der Waals surface area (Å²) in [5.41, 5.74) is 2.22. The topological polar surface area (TPSA) is 88.4 Å². The van der Waals surface area contributed by atoms with E-state index in [2.05, 4.69) is 5.10 Å². The molecular formula is C23H23ClN2O5. The van der Waals surface area contributed by atoms with Gasteiger partial charge in [0.15, 0.2) is 11.5 Å². The SMILES string of the molecule is CCOc1cc(/C=C2\C(=O)N(c3ccc(C(=O)O)cc3)N=C2C)cc(Cl)c1OC(C)C. The van der Waals surface area contributed by atoms with Crippen LogP contribution in [0.5, 0.6) is 11.5 Å². The molecule has 0 aliphatic carbocycles. The van der Waals surface area contributed by atoms with Gasteiger partial charge in [-0.2, -0.15) is 10.1 Å². The first-order valence-electron chi connectivity index (χ1n) is 9.79. The van der Waals surface area contributed by atoms with Gasteiger partial charge in [-0.15, -0.1) is 0 Å². The molecular weight excluding hydrogens is 420 g/mol. The monoisotopic (exact) mass is 442 g/mol. The number of benzene rings is 2. The number of carboxylic acid groups (broad SMARTS) is 1. The minimum Gasteiger partial charge on any atom is -0.490 e. The van der Waals surface area contributed by atoms with Crippen molar-refractivity contribution in [3.8, 4) is 11.5 Å². The van der Waals surface area contributed by atoms with Crippen molar-refractivity contribution in [1.82, 2.24) is 0 Å². The Morgan fingerprint density at radius 2 is 1.94 bits per heavy atom. The van der Waals surface area contributed by atoms with Gasteiger partial charge in [0.1, 0.15) is 0 Å². The van der Waals surface area contributed by atoms with Gasteiger partial charge in [0.25, 0.3) is 5.91 Å². The van der Waals surface area contributed by atoms with E-state index in [1.807, 2.05) is 20.8 Å². The third-order valence-electron chi connectivity index (χ3n) is 4.42. The van der Waals surface area contributed by atoms with Crippen LogP contribution in [0.4, 0.5) is 5.69 Å². The molecule has 0 aromatic heterocycles. The largest absolute Gasteiger partial charge is 0.490 e. The molecule has 31 heavy (non-hydrogen) atoms. The van der Waals surface area contributed by atoms with Gasteiger partial charge in [0.2, 0.25) is 0 Å². The molecule has 0 saturated carbocycles. The van der Waals surface area contributed by atoms with Crippen LogP contribution >= 0.6 is 11.6 Å². The van der Waals surface area contributed by atoms with Crippen LogP contribution in [-0.2, 0) is 4.79 Å². The molecule has 0 spiro atoms. The number of ether oxygens (including phenoxy) is 2. The van der Waals surface area contributed by atoms with E-state index in [0.717, 1.165) is 0 Å². The van der Waals surface area contributed by atoms with E-state index >= 15 is 0 Å². The minimum absolute atomic E-state index is 0.0761. The number of hydrogen-bond acceptors (Lipinski definition) is 5. The average Bonchev–Trinajstić information content (AvgIpc) is 2.99. The van der Waals surface area contributed by atoms with Crippen LogP contribution in [0.1, 0.15) is 43.6 Å². The van der Waals surface area contributed by atoms with Crippen molar-refractivity contribution in [2.75, 3.05) is 11.6 Å². The van der Waals surface area contributed by atoms with Crippen LogP contribution < -0.4 is 14.5 Å². The van der Waals surface area contributed by atoms with Crippen molar-refractivity contribution in [1.29, 1.82) is 0 Å². The smallest absolute Gasteiger partial charge is 0.335 e. The van der Waals surface area contributed by atoms with Crippen molar-refractivity contribution in [2.45, 2.75) is 33.8 Å². The van der Waals surface area contributed by atoms with E-state index in [9.17, 15) is 9.59 Å². The van der Waals surface area contributed by atoms with Crippen LogP contribution in [0.15, 0.2) is 47.1 Å². The van der Waals surface area contributed by atoms with Crippen molar-refractivity contribution in [3.63, 3.8) is 0 Å². The van der Waals surface area contributed by atoms with Crippen molar-refractivity contribution < 1.29 is 24.2 Å². The number of nitrogens with zero attached hydrogens (tertiary/aromatic N) is 2. The summed E-state index contributed by atoms with van der Waals surface area (Å²) in [6, 6.07) is 9.43. The van der Waals surface area contributed by atoms with E-state index in [1.165, 1.54) is 17.1 Å². The lowest BCUT2D eigenvalue weighted by molar-refractivity contribution is -0.114. The van der Waals surface area contributed by atoms with Crippen LogP contribution in [0.3, 0.4) is 0 Å². The number of halogens is 1. The molecule has 0 saturated heterocycles. The fraction of sp³-hybridized carbons (Fsp3) is 0.261. The van der Waals surface area contributed by atoms with Gasteiger partial charge < -0.3 is 14.6 Å². The van der Waals surface area contributed by atoms with Gasteiger partial charge in [-0.05, 0) is 75.7 Å². The number of anilines is 1. The van der Waals surface area contributed by atoms with Crippen molar-refractivity contribution in [3.05, 3.63) is 58.1 Å². The average molecular weight is 443 g/mol. The summed E-state index contributed by atoms with van der Waals surface area (Å²) in [7, 11) is 0. The Morgan fingerprint density at radius 1 is 1.26 bits per heavy atom. The van der Waals surface area contributed by atoms with Gasteiger partial charge in [-0.3, -0.25) is 4.79 Å². The molecule has 0 radical (unpaired) electrons. The summed E-state index contributed by atoms with van der Waals surface area (Å²) in [6.07, 6.45) is 1.62. The first-order valence-corrected chi connectivity index (χ1v) is 10.2. The molecule has 7 nitrogen and oxygen atoms in total. The summed E-state index contributed by atoms with van der Waals surface area (Å²) in [4.78, 5) is 24.0. The molecule has 0 fully saturated rings. The predicted molar refractivity (Wildman–Crippen MR) is 120 cm³/mol. The summed E-state index contributed by atoms with van der Waals surface area (Å²) in [5.74, 6) is -0.399. The molecule has 1 heterocycles. The summed E-state index contributed by atoms with van der Waals surface area (Å²) < 4.78 is 11.5. The van der Waals surface area contributed by atoms with Gasteiger partial charge in [-0.25, -0.2) is 4.79 Å². The standard InChI is InChI=1S/C23H23ClN2O5/c1-5-30-20-12-15(11-19(24)21(20)31-13(2)3)10-18-14(4)25-26(22(18)27)17-8-6-16(7-9-17)23(28)29/h6-13H,5H2,1-4H3,(H,28,29)/b18-10-. The second-order valence-electron chi connectivity index (χ2n) is 7.14. The molecule has 8 heteroatoms. The van der Waals surface area contributed by atoms with Crippen LogP contribution in [-0.4, -0.2) is 35.4 Å². The van der Waals surface area contributed by atoms with E-state index in [-0.39, 0.29) is 17.6 Å². The first kappa shape index (κ1) is 22.4. The number of carbonyl (C=O) groups excluding carboxylic acids is 1. The van der Waals surface area contributed by atoms with Crippen LogP contribution in [0.2, 0.25) is 5.02 Å². The maximum Gasteiger partial charge on any atom is 0.335 e. The number of aromatic carboxylic acids is 1. The third-order valence-corrected chi connectivity index (χ3v) is 4.70. The highest BCUT2D eigenvalue weighted by atomic mass is 35.5. The lowest BCUT2D eigenvalue weighted by Gasteiger charge is -2.17. The Hall–Kier alpha value is -3.32. The fourth-order valence-electron chi connectivity index (χ4n) is 3.06. The van der Waals surface area contributed by atoms with E-state index in [0.29, 0.717) is 45.7 Å². The Kier molecular flexibility index (Phi) is 6.65. The second-order valence-corrected chi connectivity index (χ2v) is 7.55. The number of hydrazone groups is 1. The molecule has 2 aromatic carbocycles. The van der Waals surface area contributed by atoms with E-state index < -0.39 is 5.97 Å². The quantitative estimate of drug-likeness (QED) is 0.607. The summed E-state index contributed by atoms with van der Waals surface area (Å²) in [5, 5.41) is 15.0. The van der Waals surface area contributed by atoms with Crippen LogP contribution in [0, 0.1) is 0 Å². The Bertz CT molecular complexity index is 1070. The lowest BCUT2D eigenvalue weighted by atomic mass is 10.1. The number of hydrogen-bond donors (Lipinski definition) is 1. The van der Waals surface area contributed by atoms with Gasteiger partial charge in [0, 0.05) is 0 Å². The van der Waals surface area contributed by atoms with Crippen molar-refractivity contribution >= 4 is 41.0 Å². The maximum atomic E-state index is 13.0. The maximum absolute atomic E-state index is 13.0. The highest BCUT2D eigenvalue weighted by Crippen LogP contribution is 2.38. The van der Waals surface area contributed by atoms with Gasteiger partial charge in [-0.1, -0.05) is 11.6 Å². The molecule has 0 unspecified atom stereocenters. The molecule has 1 aliphatic rings. The highest BCUT2D eigenvalue weighted by molar-refractivity contribution is 6.33.